The third kappa shape index (κ3) is 2.63. The maximum absolute atomic E-state index is 13.2. The minimum Gasteiger partial charge on any atom is -0.477 e. The van der Waals surface area contributed by atoms with Crippen molar-refractivity contribution in [2.24, 2.45) is 0 Å². The molecular formula is C13H11F2NO2S. The van der Waals surface area contributed by atoms with Crippen molar-refractivity contribution in [2.45, 2.75) is 19.8 Å². The molecule has 0 amide bonds. The molecule has 0 aliphatic carbocycles. The molecule has 0 aliphatic rings. The number of aromatic carboxylic acids is 1. The quantitative estimate of drug-likeness (QED) is 0.929. The maximum Gasteiger partial charge on any atom is 0.348 e. The first-order valence-corrected chi connectivity index (χ1v) is 6.41. The second-order valence-corrected chi connectivity index (χ2v) is 5.35. The number of carboxylic acids is 1. The summed E-state index contributed by atoms with van der Waals surface area (Å²) in [6.45, 7) is 3.78. The zero-order valence-corrected chi connectivity index (χ0v) is 11.1. The summed E-state index contributed by atoms with van der Waals surface area (Å²) in [5.74, 6) is -3.04. The highest BCUT2D eigenvalue weighted by molar-refractivity contribution is 7.14. The van der Waals surface area contributed by atoms with Gasteiger partial charge in [-0.05, 0) is 18.2 Å². The first-order valence-electron chi connectivity index (χ1n) is 5.59. The van der Waals surface area contributed by atoms with Crippen molar-refractivity contribution in [3.63, 3.8) is 0 Å². The van der Waals surface area contributed by atoms with Gasteiger partial charge in [-0.3, -0.25) is 0 Å². The van der Waals surface area contributed by atoms with E-state index in [1.165, 1.54) is 6.07 Å². The van der Waals surface area contributed by atoms with Crippen LogP contribution in [0.5, 0.6) is 0 Å². The van der Waals surface area contributed by atoms with E-state index < -0.39 is 17.6 Å². The Morgan fingerprint density at radius 1 is 1.32 bits per heavy atom. The lowest BCUT2D eigenvalue weighted by Crippen LogP contribution is -1.96. The number of rotatable bonds is 3. The van der Waals surface area contributed by atoms with Gasteiger partial charge in [0.2, 0.25) is 0 Å². The molecule has 0 aliphatic heterocycles. The first kappa shape index (κ1) is 13.6. The third-order valence-electron chi connectivity index (χ3n) is 2.52. The highest BCUT2D eigenvalue weighted by atomic mass is 32.1. The van der Waals surface area contributed by atoms with Crippen molar-refractivity contribution in [2.75, 3.05) is 0 Å². The average Bonchev–Trinajstić information content (AvgIpc) is 2.78. The monoisotopic (exact) mass is 283 g/mol. The van der Waals surface area contributed by atoms with Gasteiger partial charge in [0, 0.05) is 11.5 Å². The minimum atomic E-state index is -1.12. The van der Waals surface area contributed by atoms with Crippen molar-refractivity contribution in [3.05, 3.63) is 39.7 Å². The Labute approximate surface area is 112 Å². The van der Waals surface area contributed by atoms with Crippen LogP contribution in [0.3, 0.4) is 0 Å². The molecule has 1 N–H and O–H groups in total. The molecule has 0 atom stereocenters. The van der Waals surface area contributed by atoms with E-state index in [1.54, 1.807) is 0 Å². The Bertz CT molecular complexity index is 638. The summed E-state index contributed by atoms with van der Waals surface area (Å²) in [6.07, 6.45) is 0. The zero-order chi connectivity index (χ0) is 14.2. The number of carboxylic acid groups (broad SMARTS) is 1. The van der Waals surface area contributed by atoms with Crippen LogP contribution in [0.25, 0.3) is 11.3 Å². The van der Waals surface area contributed by atoms with E-state index in [9.17, 15) is 13.6 Å². The van der Waals surface area contributed by atoms with E-state index in [4.69, 9.17) is 5.11 Å². The van der Waals surface area contributed by atoms with Gasteiger partial charge < -0.3 is 5.11 Å². The van der Waals surface area contributed by atoms with E-state index in [1.807, 2.05) is 13.8 Å². The van der Waals surface area contributed by atoms with Gasteiger partial charge in [0.05, 0.1) is 10.7 Å². The maximum atomic E-state index is 13.2. The molecule has 0 saturated heterocycles. The fraction of sp³-hybridized carbons (Fsp3) is 0.231. The predicted octanol–water partition coefficient (Wildman–Crippen LogP) is 3.91. The minimum absolute atomic E-state index is 0.0368. The number of nitrogens with zero attached hydrogens (tertiary/aromatic N) is 1. The zero-order valence-electron chi connectivity index (χ0n) is 10.3. The molecule has 1 aromatic heterocycles. The van der Waals surface area contributed by atoms with Gasteiger partial charge in [-0.2, -0.15) is 0 Å². The van der Waals surface area contributed by atoms with Crippen LogP contribution < -0.4 is 0 Å². The van der Waals surface area contributed by atoms with E-state index in [-0.39, 0.29) is 22.1 Å². The van der Waals surface area contributed by atoms with Crippen molar-refractivity contribution in [1.29, 1.82) is 0 Å². The van der Waals surface area contributed by atoms with Gasteiger partial charge >= 0.3 is 5.97 Å². The lowest BCUT2D eigenvalue weighted by atomic mass is 10.1. The van der Waals surface area contributed by atoms with Crippen LogP contribution in [0.4, 0.5) is 8.78 Å². The number of carbonyl (C=O) groups is 1. The fourth-order valence-corrected chi connectivity index (χ4v) is 2.50. The molecule has 0 saturated carbocycles. The predicted molar refractivity (Wildman–Crippen MR) is 68.5 cm³/mol. The highest BCUT2D eigenvalue weighted by Crippen LogP contribution is 2.32. The summed E-state index contributed by atoms with van der Waals surface area (Å²) in [4.78, 5) is 15.4. The number of thiazole rings is 1. The van der Waals surface area contributed by atoms with Crippen molar-refractivity contribution in [1.82, 2.24) is 4.98 Å². The Morgan fingerprint density at radius 2 is 2.00 bits per heavy atom. The Kier molecular flexibility index (Phi) is 3.61. The molecular weight excluding hydrogens is 272 g/mol. The summed E-state index contributed by atoms with van der Waals surface area (Å²) >= 11 is 1.05. The fourth-order valence-electron chi connectivity index (χ4n) is 1.57. The summed E-state index contributed by atoms with van der Waals surface area (Å²) in [5, 5.41) is 9.80. The normalized spacial score (nSPS) is 11.0. The van der Waals surface area contributed by atoms with E-state index in [0.29, 0.717) is 5.01 Å². The molecule has 2 aromatic rings. The Morgan fingerprint density at radius 3 is 2.53 bits per heavy atom. The van der Waals surface area contributed by atoms with Gasteiger partial charge in [-0.1, -0.05) is 13.8 Å². The molecule has 0 fully saturated rings. The molecule has 1 aromatic carbocycles. The second-order valence-electron chi connectivity index (χ2n) is 4.32. The number of hydrogen-bond donors (Lipinski definition) is 1. The first-order chi connectivity index (χ1) is 8.90. The standard InChI is InChI=1S/C13H11F2NO2S/c1-6(2)12-16-10(11(19-12)13(17)18)7-3-4-8(14)9(15)5-7/h3-6H,1-2H3,(H,17,18). The molecule has 0 unspecified atom stereocenters. The van der Waals surface area contributed by atoms with Gasteiger partial charge in [-0.25, -0.2) is 18.6 Å². The summed E-state index contributed by atoms with van der Waals surface area (Å²) in [7, 11) is 0. The SMILES string of the molecule is CC(C)c1nc(-c2ccc(F)c(F)c2)c(C(=O)O)s1. The van der Waals surface area contributed by atoms with Crippen LogP contribution in [0.1, 0.15) is 34.4 Å². The number of aromatic nitrogens is 1. The Balaban J connectivity index is 2.59. The van der Waals surface area contributed by atoms with E-state index in [0.717, 1.165) is 23.5 Å². The number of halogens is 2. The van der Waals surface area contributed by atoms with Crippen LogP contribution >= 0.6 is 11.3 Å². The average molecular weight is 283 g/mol. The highest BCUT2D eigenvalue weighted by Gasteiger charge is 2.20. The van der Waals surface area contributed by atoms with E-state index in [2.05, 4.69) is 4.98 Å². The molecule has 2 rings (SSSR count). The summed E-state index contributed by atoms with van der Waals surface area (Å²) in [5.41, 5.74) is 0.444. The van der Waals surface area contributed by atoms with Gasteiger partial charge in [0.15, 0.2) is 11.6 Å². The third-order valence-corrected chi connectivity index (χ3v) is 3.87. The second kappa shape index (κ2) is 5.05. The molecule has 0 bridgehead atoms. The summed E-state index contributed by atoms with van der Waals surface area (Å²) < 4.78 is 26.1. The number of hydrogen-bond acceptors (Lipinski definition) is 3. The van der Waals surface area contributed by atoms with Gasteiger partial charge in [0.25, 0.3) is 0 Å². The van der Waals surface area contributed by atoms with Crippen LogP contribution in [0, 0.1) is 11.6 Å². The van der Waals surface area contributed by atoms with Gasteiger partial charge in [0.1, 0.15) is 4.88 Å². The molecule has 0 radical (unpaired) electrons. The molecule has 3 nitrogen and oxygen atoms in total. The summed E-state index contributed by atoms with van der Waals surface area (Å²) in [6, 6.07) is 3.25. The number of benzene rings is 1. The van der Waals surface area contributed by atoms with E-state index >= 15 is 0 Å². The topological polar surface area (TPSA) is 50.2 Å². The molecule has 19 heavy (non-hydrogen) atoms. The van der Waals surface area contributed by atoms with Gasteiger partial charge in [-0.15, -0.1) is 11.3 Å². The van der Waals surface area contributed by atoms with Crippen molar-refractivity contribution in [3.8, 4) is 11.3 Å². The lowest BCUT2D eigenvalue weighted by Gasteiger charge is -2.00. The Hall–Kier alpha value is -1.82. The molecule has 1 heterocycles. The largest absolute Gasteiger partial charge is 0.477 e. The van der Waals surface area contributed by atoms with Crippen LogP contribution in [0.15, 0.2) is 18.2 Å². The smallest absolute Gasteiger partial charge is 0.348 e. The molecule has 6 heteroatoms. The van der Waals surface area contributed by atoms with Crippen LogP contribution in [-0.4, -0.2) is 16.1 Å². The lowest BCUT2D eigenvalue weighted by molar-refractivity contribution is 0.0702. The van der Waals surface area contributed by atoms with Crippen molar-refractivity contribution >= 4 is 17.3 Å². The van der Waals surface area contributed by atoms with Crippen LogP contribution in [0.2, 0.25) is 0 Å². The molecule has 0 spiro atoms. The molecule has 100 valence electrons. The van der Waals surface area contributed by atoms with Crippen LogP contribution in [-0.2, 0) is 0 Å². The van der Waals surface area contributed by atoms with Crippen molar-refractivity contribution < 1.29 is 18.7 Å².